The van der Waals surface area contributed by atoms with Crippen molar-refractivity contribution in [1.82, 2.24) is 0 Å². The third-order valence-corrected chi connectivity index (χ3v) is 19.3. The Balaban J connectivity index is 1.82. The lowest BCUT2D eigenvalue weighted by molar-refractivity contribution is 0.108. The lowest BCUT2D eigenvalue weighted by Gasteiger charge is -2.47. The molecule has 4 aromatic carbocycles. The van der Waals surface area contributed by atoms with E-state index in [0.29, 0.717) is 0 Å². The van der Waals surface area contributed by atoms with Gasteiger partial charge in [-0.25, -0.2) is 4.39 Å². The molecule has 0 unspecified atom stereocenters. The largest absolute Gasteiger partial charge is 0.406 e. The predicted octanol–water partition coefficient (Wildman–Crippen LogP) is 7.26. The van der Waals surface area contributed by atoms with Crippen LogP contribution in [0.1, 0.15) is 41.5 Å². The highest BCUT2D eigenvalue weighted by Gasteiger charge is 2.54. The van der Waals surface area contributed by atoms with Crippen molar-refractivity contribution in [2.24, 2.45) is 0 Å². The molecule has 7 heteroatoms. The molecule has 4 aromatic rings. The summed E-state index contributed by atoms with van der Waals surface area (Å²) in [6.07, 6.45) is -1.74. The molecular weight excluding hydrogens is 645 g/mol. The van der Waals surface area contributed by atoms with E-state index in [0.717, 1.165) is 27.0 Å². The molecule has 0 fully saturated rings. The van der Waals surface area contributed by atoms with Crippen LogP contribution in [0.15, 0.2) is 121 Å². The van der Waals surface area contributed by atoms with Gasteiger partial charge in [0.2, 0.25) is 0 Å². The van der Waals surface area contributed by atoms with Gasteiger partial charge in [-0.1, -0.05) is 179 Å². The van der Waals surface area contributed by atoms with Gasteiger partial charge in [-0.3, -0.25) is 0 Å². The highest BCUT2D eigenvalue weighted by molar-refractivity contribution is 9.09. The van der Waals surface area contributed by atoms with E-state index < -0.39 is 33.7 Å². The number of rotatable bonds is 12. The van der Waals surface area contributed by atoms with Crippen molar-refractivity contribution in [1.29, 1.82) is 5.41 Å². The minimum Gasteiger partial charge on any atom is -0.406 e. The van der Waals surface area contributed by atoms with Crippen LogP contribution in [0.5, 0.6) is 0 Å². The molecule has 0 saturated carbocycles. The molecular formula is C37H45BrFNO2Si2. The summed E-state index contributed by atoms with van der Waals surface area (Å²) in [5, 5.41) is 11.9. The lowest BCUT2D eigenvalue weighted by atomic mass is 10.2. The average Bonchev–Trinajstić information content (AvgIpc) is 3.02. The van der Waals surface area contributed by atoms with Crippen molar-refractivity contribution >= 4 is 59.5 Å². The van der Waals surface area contributed by atoms with Crippen LogP contribution < -0.4 is 20.7 Å². The quantitative estimate of drug-likeness (QED) is 0.0967. The highest BCUT2D eigenvalue weighted by Crippen LogP contribution is 2.40. The highest BCUT2D eigenvalue weighted by atomic mass is 79.9. The maximum absolute atomic E-state index is 16.1. The Hall–Kier alpha value is -2.69. The third-order valence-electron chi connectivity index (χ3n) is 8.44. The summed E-state index contributed by atoms with van der Waals surface area (Å²) in [5.74, 6) is 0. The number of halogens is 2. The molecule has 0 radical (unpaired) electrons. The zero-order valence-corrected chi connectivity index (χ0v) is 30.2. The summed E-state index contributed by atoms with van der Waals surface area (Å²) in [4.78, 5) is -0.526. The van der Waals surface area contributed by atoms with E-state index in [4.69, 9.17) is 14.3 Å². The first-order valence-electron chi connectivity index (χ1n) is 15.2. The van der Waals surface area contributed by atoms with Gasteiger partial charge in [-0.15, -0.1) is 0 Å². The zero-order valence-electron chi connectivity index (χ0n) is 26.6. The van der Waals surface area contributed by atoms with Crippen LogP contribution in [-0.2, 0) is 8.85 Å². The Kier molecular flexibility index (Phi) is 11.0. The first-order valence-corrected chi connectivity index (χ1v) is 19.9. The van der Waals surface area contributed by atoms with Crippen LogP contribution in [0.2, 0.25) is 10.1 Å². The van der Waals surface area contributed by atoms with Gasteiger partial charge >= 0.3 is 0 Å². The standard InChI is InChI=1S/C37H45BrFNO2Si2/c1-36(2,3)43(29-19-11-7-12-20-29,30-21-13-8-14-22-30)41-28-33(38)35(34(39)27-40)42-44(37(4,5)6,31-23-15-9-16-24-31)32-25-17-10-18-26-32/h7-27,33-35,40H,28H2,1-6H3/t33-,34+,35+/m0/s1. The molecule has 4 rings (SSSR count). The van der Waals surface area contributed by atoms with Crippen molar-refractivity contribution in [3.05, 3.63) is 121 Å². The van der Waals surface area contributed by atoms with Crippen LogP contribution in [0, 0.1) is 5.41 Å². The molecule has 0 spiro atoms. The fraction of sp³-hybridized carbons (Fsp3) is 0.324. The molecule has 0 heterocycles. The van der Waals surface area contributed by atoms with E-state index in [9.17, 15) is 0 Å². The van der Waals surface area contributed by atoms with Crippen LogP contribution in [-0.4, -0.2) is 46.6 Å². The number of benzene rings is 4. The topological polar surface area (TPSA) is 42.3 Å². The van der Waals surface area contributed by atoms with Crippen molar-refractivity contribution in [3.8, 4) is 0 Å². The van der Waals surface area contributed by atoms with Gasteiger partial charge < -0.3 is 14.3 Å². The fourth-order valence-corrected chi connectivity index (χ4v) is 16.7. The smallest absolute Gasteiger partial charge is 0.261 e. The van der Waals surface area contributed by atoms with Gasteiger partial charge in [0.15, 0.2) is 6.17 Å². The summed E-state index contributed by atoms with van der Waals surface area (Å²) < 4.78 is 30.5. The molecule has 44 heavy (non-hydrogen) atoms. The van der Waals surface area contributed by atoms with E-state index in [1.165, 1.54) is 0 Å². The Morgan fingerprint density at radius 3 is 1.25 bits per heavy atom. The third kappa shape index (κ3) is 6.77. The van der Waals surface area contributed by atoms with Gasteiger partial charge in [0, 0.05) is 12.8 Å². The lowest BCUT2D eigenvalue weighted by Crippen LogP contribution is -2.70. The van der Waals surface area contributed by atoms with Crippen LogP contribution in [0.3, 0.4) is 0 Å². The number of alkyl halides is 2. The van der Waals surface area contributed by atoms with Crippen molar-refractivity contribution in [3.63, 3.8) is 0 Å². The maximum atomic E-state index is 16.1. The summed E-state index contributed by atoms with van der Waals surface area (Å²) >= 11 is 3.87. The Morgan fingerprint density at radius 1 is 0.636 bits per heavy atom. The van der Waals surface area contributed by atoms with Gasteiger partial charge in [0.25, 0.3) is 16.6 Å². The van der Waals surface area contributed by atoms with Crippen molar-refractivity contribution in [2.75, 3.05) is 6.61 Å². The monoisotopic (exact) mass is 689 g/mol. The first-order chi connectivity index (χ1) is 20.9. The van der Waals surface area contributed by atoms with E-state index in [1.54, 1.807) is 0 Å². The second-order valence-electron chi connectivity index (χ2n) is 13.3. The van der Waals surface area contributed by atoms with Gasteiger partial charge in [-0.05, 0) is 30.8 Å². The average molecular weight is 691 g/mol. The molecule has 0 aliphatic rings. The number of hydrogen-bond donors (Lipinski definition) is 1. The maximum Gasteiger partial charge on any atom is 0.261 e. The summed E-state index contributed by atoms with van der Waals surface area (Å²) in [6, 6.07) is 41.3. The van der Waals surface area contributed by atoms with Gasteiger partial charge in [-0.2, -0.15) is 0 Å². The molecule has 0 bridgehead atoms. The molecule has 1 N–H and O–H groups in total. The molecule has 3 atom stereocenters. The van der Waals surface area contributed by atoms with E-state index in [1.807, 2.05) is 48.5 Å². The molecule has 3 nitrogen and oxygen atoms in total. The van der Waals surface area contributed by atoms with Gasteiger partial charge in [0.1, 0.15) is 0 Å². The van der Waals surface area contributed by atoms with Crippen molar-refractivity contribution in [2.45, 2.75) is 68.7 Å². The number of hydrogen-bond acceptors (Lipinski definition) is 3. The zero-order chi connectivity index (χ0) is 32.0. The normalized spacial score (nSPS) is 14.9. The molecule has 0 aromatic heterocycles. The van der Waals surface area contributed by atoms with Crippen LogP contribution in [0.25, 0.3) is 0 Å². The van der Waals surface area contributed by atoms with E-state index >= 15 is 4.39 Å². The van der Waals surface area contributed by atoms with Crippen LogP contribution in [0.4, 0.5) is 4.39 Å². The minimum absolute atomic E-state index is 0.213. The number of nitrogens with one attached hydrogen (secondary N) is 1. The molecule has 0 saturated heterocycles. The Bertz CT molecular complexity index is 1380. The Labute approximate surface area is 273 Å². The summed E-state index contributed by atoms with van der Waals surface area (Å²) in [6.45, 7) is 13.4. The molecule has 0 aliphatic heterocycles. The van der Waals surface area contributed by atoms with E-state index in [-0.39, 0.29) is 16.7 Å². The summed E-state index contributed by atoms with van der Waals surface area (Å²) in [7, 11) is -5.99. The van der Waals surface area contributed by atoms with Crippen LogP contribution >= 0.6 is 15.9 Å². The minimum atomic E-state index is -3.11. The molecule has 0 amide bonds. The molecule has 0 aliphatic carbocycles. The second-order valence-corrected chi connectivity index (χ2v) is 23.1. The second kappa shape index (κ2) is 14.2. The molecule has 232 valence electrons. The summed E-state index contributed by atoms with van der Waals surface area (Å²) in [5.41, 5.74) is 0. The predicted molar refractivity (Wildman–Crippen MR) is 192 cm³/mol. The first kappa shape index (κ1) is 34.2. The fourth-order valence-electron chi connectivity index (χ4n) is 6.39. The van der Waals surface area contributed by atoms with Crippen molar-refractivity contribution < 1.29 is 13.2 Å². The van der Waals surface area contributed by atoms with Gasteiger partial charge in [0.05, 0.1) is 10.9 Å². The SMILES string of the molecule is CC(C)(C)[Si](OC[C@H](Br)[C@@H](O[Si](c1ccccc1)(c1ccccc1)C(C)(C)C)[C@H](F)C=N)(c1ccccc1)c1ccccc1. The van der Waals surface area contributed by atoms with E-state index in [2.05, 4.69) is 130 Å². The Morgan fingerprint density at radius 2 is 0.955 bits per heavy atom.